The van der Waals surface area contributed by atoms with Crippen LogP contribution in [-0.4, -0.2) is 14.2 Å². The minimum absolute atomic E-state index is 0.103. The Morgan fingerprint density at radius 2 is 1.71 bits per heavy atom. The Kier molecular flexibility index (Phi) is 4.97. The summed E-state index contributed by atoms with van der Waals surface area (Å²) in [5.41, 5.74) is 3.24. The monoisotopic (exact) mass is 305 g/mol. The highest BCUT2D eigenvalue weighted by Crippen LogP contribution is 2.32. The second kappa shape index (κ2) is 6.72. The van der Waals surface area contributed by atoms with Crippen LogP contribution in [0.1, 0.15) is 24.1 Å². The number of benzene rings is 2. The Morgan fingerprint density at radius 1 is 1.00 bits per heavy atom. The number of hydrogen-bond donors (Lipinski definition) is 1. The fourth-order valence-corrected chi connectivity index (χ4v) is 2.45. The number of hydrogen-bond acceptors (Lipinski definition) is 3. The fourth-order valence-electron chi connectivity index (χ4n) is 2.25. The summed E-state index contributed by atoms with van der Waals surface area (Å²) in [5.74, 6) is 1.54. The van der Waals surface area contributed by atoms with Gasteiger partial charge in [-0.25, -0.2) is 0 Å². The van der Waals surface area contributed by atoms with Gasteiger partial charge in [0.1, 0.15) is 11.5 Å². The van der Waals surface area contributed by atoms with Crippen molar-refractivity contribution in [2.45, 2.75) is 19.9 Å². The lowest BCUT2D eigenvalue weighted by molar-refractivity contribution is 0.407. The molecule has 21 heavy (non-hydrogen) atoms. The van der Waals surface area contributed by atoms with E-state index in [1.165, 1.54) is 5.56 Å². The van der Waals surface area contributed by atoms with Crippen molar-refractivity contribution in [3.8, 4) is 11.5 Å². The molecule has 2 aromatic rings. The van der Waals surface area contributed by atoms with Crippen molar-refractivity contribution in [1.82, 2.24) is 0 Å². The van der Waals surface area contributed by atoms with Gasteiger partial charge in [0.15, 0.2) is 0 Å². The van der Waals surface area contributed by atoms with Gasteiger partial charge in [0.2, 0.25) is 0 Å². The van der Waals surface area contributed by atoms with E-state index < -0.39 is 0 Å². The fraction of sp³-hybridized carbons (Fsp3) is 0.294. The topological polar surface area (TPSA) is 30.5 Å². The molecule has 1 N–H and O–H groups in total. The Labute approximate surface area is 130 Å². The third kappa shape index (κ3) is 3.61. The van der Waals surface area contributed by atoms with Crippen LogP contribution in [0.3, 0.4) is 0 Å². The average Bonchev–Trinajstić information content (AvgIpc) is 2.48. The number of anilines is 1. The summed E-state index contributed by atoms with van der Waals surface area (Å²) in [6, 6.07) is 11.9. The number of ether oxygens (including phenoxy) is 2. The highest BCUT2D eigenvalue weighted by Gasteiger charge is 2.12. The zero-order chi connectivity index (χ0) is 15.4. The SMILES string of the molecule is COc1cc(NC(C)c2ccc(C)cc2OC)ccc1Cl. The molecule has 112 valence electrons. The van der Waals surface area contributed by atoms with Gasteiger partial charge >= 0.3 is 0 Å². The molecule has 3 nitrogen and oxygen atoms in total. The smallest absolute Gasteiger partial charge is 0.139 e. The molecule has 0 aliphatic rings. The van der Waals surface area contributed by atoms with E-state index >= 15 is 0 Å². The van der Waals surface area contributed by atoms with E-state index in [0.29, 0.717) is 10.8 Å². The summed E-state index contributed by atoms with van der Waals surface area (Å²) in [5, 5.41) is 4.04. The van der Waals surface area contributed by atoms with Gasteiger partial charge in [0, 0.05) is 17.3 Å². The molecule has 0 aliphatic carbocycles. The molecule has 0 bridgehead atoms. The summed E-state index contributed by atoms with van der Waals surface area (Å²) < 4.78 is 10.7. The van der Waals surface area contributed by atoms with E-state index in [9.17, 15) is 0 Å². The molecule has 1 atom stereocenters. The number of aryl methyl sites for hydroxylation is 1. The zero-order valence-electron chi connectivity index (χ0n) is 12.7. The van der Waals surface area contributed by atoms with E-state index in [4.69, 9.17) is 21.1 Å². The van der Waals surface area contributed by atoms with Gasteiger partial charge in [-0.1, -0.05) is 23.7 Å². The maximum absolute atomic E-state index is 6.04. The molecule has 2 aromatic carbocycles. The van der Waals surface area contributed by atoms with Crippen LogP contribution in [0.25, 0.3) is 0 Å². The molecule has 0 saturated heterocycles. The maximum Gasteiger partial charge on any atom is 0.139 e. The van der Waals surface area contributed by atoms with Gasteiger partial charge in [0.05, 0.1) is 25.3 Å². The molecule has 0 spiro atoms. The van der Waals surface area contributed by atoms with Gasteiger partial charge in [-0.2, -0.15) is 0 Å². The second-order valence-electron chi connectivity index (χ2n) is 4.96. The third-order valence-electron chi connectivity index (χ3n) is 3.39. The van der Waals surface area contributed by atoms with Crippen molar-refractivity contribution in [1.29, 1.82) is 0 Å². The second-order valence-corrected chi connectivity index (χ2v) is 5.37. The molecule has 4 heteroatoms. The summed E-state index contributed by atoms with van der Waals surface area (Å²) in [6.45, 7) is 4.14. The lowest BCUT2D eigenvalue weighted by atomic mass is 10.0. The van der Waals surface area contributed by atoms with Crippen molar-refractivity contribution < 1.29 is 9.47 Å². The predicted molar refractivity (Wildman–Crippen MR) is 87.8 cm³/mol. The van der Waals surface area contributed by atoms with Gasteiger partial charge in [0.25, 0.3) is 0 Å². The number of rotatable bonds is 5. The average molecular weight is 306 g/mol. The van der Waals surface area contributed by atoms with Crippen molar-refractivity contribution in [3.05, 3.63) is 52.5 Å². The van der Waals surface area contributed by atoms with Crippen molar-refractivity contribution in [3.63, 3.8) is 0 Å². The van der Waals surface area contributed by atoms with Crippen molar-refractivity contribution in [2.24, 2.45) is 0 Å². The van der Waals surface area contributed by atoms with E-state index in [-0.39, 0.29) is 6.04 Å². The molecule has 0 heterocycles. The van der Waals surface area contributed by atoms with E-state index in [2.05, 4.69) is 31.3 Å². The quantitative estimate of drug-likeness (QED) is 0.857. The molecule has 0 fully saturated rings. The number of halogens is 1. The molecular weight excluding hydrogens is 286 g/mol. The van der Waals surface area contributed by atoms with Crippen LogP contribution in [0, 0.1) is 6.92 Å². The lowest BCUT2D eigenvalue weighted by Crippen LogP contribution is -2.08. The Hall–Kier alpha value is -1.87. The summed E-state index contributed by atoms with van der Waals surface area (Å²) >= 11 is 6.04. The van der Waals surface area contributed by atoms with Gasteiger partial charge in [-0.05, 0) is 37.6 Å². The Bertz CT molecular complexity index is 628. The van der Waals surface area contributed by atoms with Crippen LogP contribution in [0.4, 0.5) is 5.69 Å². The van der Waals surface area contributed by atoms with E-state index in [1.54, 1.807) is 14.2 Å². The van der Waals surface area contributed by atoms with Crippen LogP contribution in [0.5, 0.6) is 11.5 Å². The summed E-state index contributed by atoms with van der Waals surface area (Å²) in [6.07, 6.45) is 0. The zero-order valence-corrected chi connectivity index (χ0v) is 13.5. The molecule has 0 amide bonds. The standard InChI is InChI=1S/C17H20ClNO2/c1-11-5-7-14(16(9-11)20-3)12(2)19-13-6-8-15(18)17(10-13)21-4/h5-10,12,19H,1-4H3. The largest absolute Gasteiger partial charge is 0.496 e. The first-order chi connectivity index (χ1) is 10.0. The minimum Gasteiger partial charge on any atom is -0.496 e. The first kappa shape index (κ1) is 15.5. The number of nitrogens with one attached hydrogen (secondary N) is 1. The normalized spacial score (nSPS) is 11.9. The first-order valence-electron chi connectivity index (χ1n) is 6.79. The first-order valence-corrected chi connectivity index (χ1v) is 7.17. The number of methoxy groups -OCH3 is 2. The summed E-state index contributed by atoms with van der Waals surface area (Å²) in [7, 11) is 3.30. The van der Waals surface area contributed by atoms with Gasteiger partial charge in [-0.15, -0.1) is 0 Å². The molecule has 2 rings (SSSR count). The Balaban J connectivity index is 2.23. The third-order valence-corrected chi connectivity index (χ3v) is 3.70. The van der Waals surface area contributed by atoms with Crippen LogP contribution in [0.2, 0.25) is 5.02 Å². The van der Waals surface area contributed by atoms with Crippen LogP contribution in [0.15, 0.2) is 36.4 Å². The molecule has 0 aromatic heterocycles. The highest BCUT2D eigenvalue weighted by molar-refractivity contribution is 6.32. The minimum atomic E-state index is 0.103. The molecular formula is C17H20ClNO2. The molecule has 0 radical (unpaired) electrons. The summed E-state index contributed by atoms with van der Waals surface area (Å²) in [4.78, 5) is 0. The lowest BCUT2D eigenvalue weighted by Gasteiger charge is -2.19. The van der Waals surface area contributed by atoms with Crippen molar-refractivity contribution in [2.75, 3.05) is 19.5 Å². The predicted octanol–water partition coefficient (Wildman–Crippen LogP) is 4.84. The maximum atomic E-state index is 6.04. The van der Waals surface area contributed by atoms with Crippen molar-refractivity contribution >= 4 is 17.3 Å². The van der Waals surface area contributed by atoms with E-state index in [1.807, 2.05) is 24.3 Å². The van der Waals surface area contributed by atoms with Crippen LogP contribution in [-0.2, 0) is 0 Å². The van der Waals surface area contributed by atoms with E-state index in [0.717, 1.165) is 17.0 Å². The molecule has 1 unspecified atom stereocenters. The Morgan fingerprint density at radius 3 is 2.38 bits per heavy atom. The molecule has 0 saturated carbocycles. The van der Waals surface area contributed by atoms with Crippen LogP contribution >= 0.6 is 11.6 Å². The van der Waals surface area contributed by atoms with Gasteiger partial charge < -0.3 is 14.8 Å². The highest BCUT2D eigenvalue weighted by atomic mass is 35.5. The van der Waals surface area contributed by atoms with Gasteiger partial charge in [-0.3, -0.25) is 0 Å². The molecule has 0 aliphatic heterocycles. The van der Waals surface area contributed by atoms with Crippen LogP contribution < -0.4 is 14.8 Å².